The van der Waals surface area contributed by atoms with Gasteiger partial charge >= 0.3 is 5.97 Å². The molecule has 1 aliphatic heterocycles. The van der Waals surface area contributed by atoms with Crippen LogP contribution in [-0.4, -0.2) is 24.3 Å². The number of rotatable bonds is 5. The number of fused-ring (bicyclic) bond motifs is 3. The molecule has 0 N–H and O–H groups in total. The van der Waals surface area contributed by atoms with Crippen LogP contribution in [0, 0.1) is 0 Å². The van der Waals surface area contributed by atoms with Crippen LogP contribution in [0.5, 0.6) is 5.75 Å². The topological polar surface area (TPSA) is 69.9 Å². The van der Waals surface area contributed by atoms with Crippen LogP contribution in [0.1, 0.15) is 52.0 Å². The Balaban J connectivity index is 1.54. The van der Waals surface area contributed by atoms with Crippen LogP contribution < -0.4 is 19.6 Å². The Morgan fingerprint density at radius 1 is 1.13 bits per heavy atom. The summed E-state index contributed by atoms with van der Waals surface area (Å²) < 4.78 is 13.8. The van der Waals surface area contributed by atoms with Crippen LogP contribution in [0.3, 0.4) is 0 Å². The van der Waals surface area contributed by atoms with Gasteiger partial charge in [0.25, 0.3) is 5.56 Å². The summed E-state index contributed by atoms with van der Waals surface area (Å²) in [5.74, 6) is 0.372. The second kappa shape index (κ2) is 10.4. The first kappa shape index (κ1) is 25.5. The lowest BCUT2D eigenvalue weighted by Gasteiger charge is -2.30. The van der Waals surface area contributed by atoms with Crippen molar-refractivity contribution in [1.82, 2.24) is 4.57 Å². The number of hydrogen-bond acceptors (Lipinski definition) is 6. The van der Waals surface area contributed by atoms with Crippen molar-refractivity contribution in [3.63, 3.8) is 0 Å². The van der Waals surface area contributed by atoms with E-state index in [1.54, 1.807) is 16.7 Å². The van der Waals surface area contributed by atoms with Gasteiger partial charge in [0.1, 0.15) is 5.75 Å². The molecule has 4 aromatic rings. The predicted octanol–water partition coefficient (Wildman–Crippen LogP) is 5.27. The molecule has 8 heteroatoms. The van der Waals surface area contributed by atoms with Gasteiger partial charge in [0.05, 0.1) is 40.0 Å². The molecule has 1 unspecified atom stereocenters. The molecule has 1 aliphatic carbocycles. The number of carbonyl (C=O) groups is 1. The fourth-order valence-electron chi connectivity index (χ4n) is 5.27. The number of allylic oxidation sites excluding steroid dienone is 1. The molecule has 1 aromatic heterocycles. The van der Waals surface area contributed by atoms with Gasteiger partial charge in [-0.05, 0) is 88.3 Å². The highest BCUT2D eigenvalue weighted by atomic mass is 79.9. The summed E-state index contributed by atoms with van der Waals surface area (Å²) in [6.07, 6.45) is 3.58. The van der Waals surface area contributed by atoms with Gasteiger partial charge in [0.2, 0.25) is 0 Å². The van der Waals surface area contributed by atoms with E-state index in [-0.39, 0.29) is 11.6 Å². The zero-order chi connectivity index (χ0) is 27.1. The van der Waals surface area contributed by atoms with Crippen LogP contribution in [-0.2, 0) is 11.2 Å². The maximum Gasteiger partial charge on any atom is 0.337 e. The lowest BCUT2D eigenvalue weighted by atomic mass is 9.83. The van der Waals surface area contributed by atoms with Crippen molar-refractivity contribution >= 4 is 45.0 Å². The van der Waals surface area contributed by atoms with Gasteiger partial charge in [-0.25, -0.2) is 9.79 Å². The van der Waals surface area contributed by atoms with Crippen LogP contribution in [0.2, 0.25) is 0 Å². The molecule has 3 aromatic carbocycles. The van der Waals surface area contributed by atoms with Crippen LogP contribution in [0.4, 0.5) is 0 Å². The Kier molecular flexibility index (Phi) is 6.83. The number of halogens is 1. The van der Waals surface area contributed by atoms with Gasteiger partial charge in [-0.15, -0.1) is 0 Å². The maximum absolute atomic E-state index is 13.9. The van der Waals surface area contributed by atoms with Gasteiger partial charge < -0.3 is 9.47 Å². The number of thiazole rings is 1. The SMILES string of the molecule is CCOc1ccc(C=c2sc3n(c2=O)C(c2ccc(C(=O)OC)cc2)C2=C(N=3)c3ccccc3CC2)cc1Br. The Labute approximate surface area is 237 Å². The summed E-state index contributed by atoms with van der Waals surface area (Å²) in [4.78, 5) is 31.7. The molecule has 0 amide bonds. The van der Waals surface area contributed by atoms with E-state index in [0.717, 1.165) is 51.0 Å². The quantitative estimate of drug-likeness (QED) is 0.293. The highest BCUT2D eigenvalue weighted by Crippen LogP contribution is 2.41. The van der Waals surface area contributed by atoms with Gasteiger partial charge in [0, 0.05) is 5.56 Å². The summed E-state index contributed by atoms with van der Waals surface area (Å²) >= 11 is 4.96. The molecule has 0 saturated carbocycles. The van der Waals surface area contributed by atoms with Crippen molar-refractivity contribution in [2.75, 3.05) is 13.7 Å². The standard InChI is InChI=1S/C31H25BrN2O4S/c1-3-38-25-15-8-18(16-24(25)32)17-26-29(35)34-28(20-9-11-21(12-10-20)30(36)37-2)23-14-13-19-6-4-5-7-22(19)27(23)33-31(34)39-26/h4-12,15-17,28H,3,13-14H2,1-2H3. The summed E-state index contributed by atoms with van der Waals surface area (Å²) in [5, 5.41) is 0. The van der Waals surface area contributed by atoms with Crippen molar-refractivity contribution in [3.05, 3.63) is 124 Å². The molecule has 0 spiro atoms. The van der Waals surface area contributed by atoms with Gasteiger partial charge in [0.15, 0.2) is 4.80 Å². The van der Waals surface area contributed by atoms with Crippen molar-refractivity contribution in [3.8, 4) is 5.75 Å². The average Bonchev–Trinajstić information content (AvgIpc) is 3.27. The maximum atomic E-state index is 13.9. The Bertz CT molecular complexity index is 1820. The highest BCUT2D eigenvalue weighted by Gasteiger charge is 2.32. The third kappa shape index (κ3) is 4.57. The number of nitrogens with zero attached hydrogens (tertiary/aromatic N) is 2. The van der Waals surface area contributed by atoms with Crippen molar-refractivity contribution in [2.24, 2.45) is 4.99 Å². The second-order valence-electron chi connectivity index (χ2n) is 9.35. The van der Waals surface area contributed by atoms with Crippen LogP contribution in [0.25, 0.3) is 11.8 Å². The van der Waals surface area contributed by atoms with Crippen molar-refractivity contribution in [2.45, 2.75) is 25.8 Å². The van der Waals surface area contributed by atoms with E-state index in [2.05, 4.69) is 34.1 Å². The zero-order valence-electron chi connectivity index (χ0n) is 21.4. The minimum absolute atomic E-state index is 0.0868. The number of carbonyl (C=O) groups excluding carboxylic acids is 1. The van der Waals surface area contributed by atoms with E-state index in [4.69, 9.17) is 14.5 Å². The minimum atomic E-state index is -0.390. The number of aromatic nitrogens is 1. The smallest absolute Gasteiger partial charge is 0.337 e. The van der Waals surface area contributed by atoms with Crippen LogP contribution in [0.15, 0.2) is 86.6 Å². The lowest BCUT2D eigenvalue weighted by Crippen LogP contribution is -2.38. The molecule has 6 nitrogen and oxygen atoms in total. The zero-order valence-corrected chi connectivity index (χ0v) is 23.8. The first-order valence-corrected chi connectivity index (χ1v) is 14.3. The Hall–Kier alpha value is -3.75. The molecule has 39 heavy (non-hydrogen) atoms. The molecule has 0 bridgehead atoms. The van der Waals surface area contributed by atoms with Gasteiger partial charge in [-0.3, -0.25) is 9.36 Å². The predicted molar refractivity (Wildman–Crippen MR) is 156 cm³/mol. The number of benzene rings is 3. The molecule has 0 saturated heterocycles. The molecule has 6 rings (SSSR count). The average molecular weight is 602 g/mol. The van der Waals surface area contributed by atoms with E-state index in [9.17, 15) is 9.59 Å². The highest BCUT2D eigenvalue weighted by molar-refractivity contribution is 9.10. The minimum Gasteiger partial charge on any atom is -0.493 e. The molecule has 1 atom stereocenters. The molecule has 0 fully saturated rings. The third-order valence-corrected chi connectivity index (χ3v) is 8.68. The molecular weight excluding hydrogens is 576 g/mol. The number of aryl methyl sites for hydroxylation is 1. The monoisotopic (exact) mass is 600 g/mol. The van der Waals surface area contributed by atoms with Crippen LogP contribution >= 0.6 is 27.3 Å². The fraction of sp³-hybridized carbons (Fsp3) is 0.194. The van der Waals surface area contributed by atoms with E-state index in [1.165, 1.54) is 24.0 Å². The first-order chi connectivity index (χ1) is 19.0. The van der Waals surface area contributed by atoms with Gasteiger partial charge in [-0.2, -0.15) is 0 Å². The first-order valence-electron chi connectivity index (χ1n) is 12.7. The van der Waals surface area contributed by atoms with E-state index in [0.29, 0.717) is 21.5 Å². The third-order valence-electron chi connectivity index (χ3n) is 7.07. The molecule has 196 valence electrons. The van der Waals surface area contributed by atoms with Crippen molar-refractivity contribution < 1.29 is 14.3 Å². The summed E-state index contributed by atoms with van der Waals surface area (Å²) in [7, 11) is 1.37. The Morgan fingerprint density at radius 3 is 2.67 bits per heavy atom. The fourth-order valence-corrected chi connectivity index (χ4v) is 6.78. The number of methoxy groups -OCH3 is 1. The van der Waals surface area contributed by atoms with E-state index < -0.39 is 5.97 Å². The largest absolute Gasteiger partial charge is 0.493 e. The normalized spacial score (nSPS) is 16.2. The summed E-state index contributed by atoms with van der Waals surface area (Å²) in [5.41, 5.74) is 6.64. The van der Waals surface area contributed by atoms with Gasteiger partial charge in [-0.1, -0.05) is 53.8 Å². The lowest BCUT2D eigenvalue weighted by molar-refractivity contribution is 0.0600. The summed E-state index contributed by atoms with van der Waals surface area (Å²) in [6.45, 7) is 2.52. The van der Waals surface area contributed by atoms with Crippen molar-refractivity contribution in [1.29, 1.82) is 0 Å². The second-order valence-corrected chi connectivity index (χ2v) is 11.2. The number of esters is 1. The number of hydrogen-bond donors (Lipinski definition) is 0. The molecule has 2 aliphatic rings. The number of ether oxygens (including phenoxy) is 2. The Morgan fingerprint density at radius 2 is 1.92 bits per heavy atom. The summed E-state index contributed by atoms with van der Waals surface area (Å²) in [6, 6.07) is 21.2. The van der Waals surface area contributed by atoms with E-state index >= 15 is 0 Å². The van der Waals surface area contributed by atoms with E-state index in [1.807, 2.05) is 49.4 Å². The molecule has 0 radical (unpaired) electrons. The molecule has 2 heterocycles. The molecular formula is C31H25BrN2O4S.